The monoisotopic (exact) mass is 899 g/mol. The summed E-state index contributed by atoms with van der Waals surface area (Å²) in [6.07, 6.45) is 71.4. The Kier molecular flexibility index (Phi) is 53.8. The summed E-state index contributed by atoms with van der Waals surface area (Å²) in [7, 11) is 0. The van der Waals surface area contributed by atoms with Gasteiger partial charge in [0.05, 0.1) is 6.61 Å². The molecule has 0 aromatic heterocycles. The van der Waals surface area contributed by atoms with Crippen molar-refractivity contribution in [3.63, 3.8) is 0 Å². The molecule has 0 aliphatic heterocycles. The zero-order valence-corrected chi connectivity index (χ0v) is 43.1. The first-order valence-corrected chi connectivity index (χ1v) is 28.5. The molecule has 0 bridgehead atoms. The van der Waals surface area contributed by atoms with Gasteiger partial charge in [0.25, 0.3) is 0 Å². The summed E-state index contributed by atoms with van der Waals surface area (Å²) >= 11 is 0. The topological polar surface area (TPSA) is 72.8 Å². The zero-order valence-electron chi connectivity index (χ0n) is 43.1. The predicted molar refractivity (Wildman–Crippen MR) is 279 cm³/mol. The van der Waals surface area contributed by atoms with Crippen LogP contribution in [0.3, 0.4) is 0 Å². The number of ether oxygens (including phenoxy) is 2. The minimum absolute atomic E-state index is 0.0657. The van der Waals surface area contributed by atoms with Crippen molar-refractivity contribution < 1.29 is 24.2 Å². The molecule has 64 heavy (non-hydrogen) atoms. The Balaban J connectivity index is 3.37. The number of carbonyl (C=O) groups is 2. The second-order valence-corrected chi connectivity index (χ2v) is 19.4. The van der Waals surface area contributed by atoms with Gasteiger partial charge in [-0.2, -0.15) is 0 Å². The van der Waals surface area contributed by atoms with Crippen molar-refractivity contribution in [2.24, 2.45) is 0 Å². The van der Waals surface area contributed by atoms with Crippen LogP contribution < -0.4 is 0 Å². The van der Waals surface area contributed by atoms with Crippen LogP contribution >= 0.6 is 0 Å². The Morgan fingerprint density at radius 3 is 0.953 bits per heavy atom. The highest BCUT2D eigenvalue weighted by molar-refractivity contribution is 5.70. The number of esters is 2. The van der Waals surface area contributed by atoms with Crippen molar-refractivity contribution in [3.05, 3.63) is 36.5 Å². The van der Waals surface area contributed by atoms with Crippen LogP contribution in [0.15, 0.2) is 36.5 Å². The molecule has 0 fully saturated rings. The maximum Gasteiger partial charge on any atom is 0.306 e. The smallest absolute Gasteiger partial charge is 0.306 e. The molecule has 1 atom stereocenters. The van der Waals surface area contributed by atoms with Gasteiger partial charge in [0.2, 0.25) is 0 Å². The van der Waals surface area contributed by atoms with Crippen LogP contribution in [0.5, 0.6) is 0 Å². The SMILES string of the molecule is CCCCCC/C=C\CCCCCCCC(=O)OCC(CO)OC(=O)CCCCCCCCCCCCCCCCCCCCCCCCCCC/C=C\C/C=C\CCCCCCC. The maximum absolute atomic E-state index is 12.3. The molecule has 0 radical (unpaired) electrons. The molecule has 0 aromatic rings. The molecule has 0 aromatic carbocycles. The lowest BCUT2D eigenvalue weighted by molar-refractivity contribution is -0.161. The number of hydrogen-bond acceptors (Lipinski definition) is 5. The molecule has 0 saturated heterocycles. The number of aliphatic hydroxyl groups is 1. The first kappa shape index (κ1) is 62.1. The molecule has 0 heterocycles. The van der Waals surface area contributed by atoms with Crippen LogP contribution in [0, 0.1) is 0 Å². The van der Waals surface area contributed by atoms with Gasteiger partial charge in [-0.15, -0.1) is 0 Å². The normalized spacial score (nSPS) is 12.4. The van der Waals surface area contributed by atoms with Crippen molar-refractivity contribution in [3.8, 4) is 0 Å². The molecule has 0 amide bonds. The van der Waals surface area contributed by atoms with Crippen LogP contribution in [-0.2, 0) is 19.1 Å². The molecular formula is C59H110O5. The highest BCUT2D eigenvalue weighted by Gasteiger charge is 2.16. The molecule has 0 rings (SSSR count). The average molecular weight is 900 g/mol. The Morgan fingerprint density at radius 2 is 0.625 bits per heavy atom. The summed E-state index contributed by atoms with van der Waals surface area (Å²) < 4.78 is 10.7. The molecule has 0 aliphatic rings. The zero-order chi connectivity index (χ0) is 46.3. The van der Waals surface area contributed by atoms with Crippen molar-refractivity contribution >= 4 is 11.9 Å². The van der Waals surface area contributed by atoms with Crippen LogP contribution in [0.1, 0.15) is 309 Å². The summed E-state index contributed by atoms with van der Waals surface area (Å²) in [6, 6.07) is 0. The van der Waals surface area contributed by atoms with Gasteiger partial charge in [0.1, 0.15) is 6.61 Å². The first-order chi connectivity index (χ1) is 31.6. The van der Waals surface area contributed by atoms with Gasteiger partial charge >= 0.3 is 11.9 Å². The number of hydrogen-bond donors (Lipinski definition) is 1. The second kappa shape index (κ2) is 55.4. The highest BCUT2D eigenvalue weighted by atomic mass is 16.6. The molecule has 376 valence electrons. The van der Waals surface area contributed by atoms with E-state index in [1.165, 1.54) is 231 Å². The third-order valence-corrected chi connectivity index (χ3v) is 12.9. The van der Waals surface area contributed by atoms with E-state index in [1.807, 2.05) is 0 Å². The highest BCUT2D eigenvalue weighted by Crippen LogP contribution is 2.17. The summed E-state index contributed by atoms with van der Waals surface area (Å²) in [5, 5.41) is 9.62. The van der Waals surface area contributed by atoms with Crippen molar-refractivity contribution in [2.75, 3.05) is 13.2 Å². The number of carbonyl (C=O) groups excluding carboxylic acids is 2. The van der Waals surface area contributed by atoms with E-state index in [-0.39, 0.29) is 25.2 Å². The lowest BCUT2D eigenvalue weighted by Gasteiger charge is -2.15. The van der Waals surface area contributed by atoms with E-state index in [9.17, 15) is 14.7 Å². The quantitative estimate of drug-likeness (QED) is 0.0374. The van der Waals surface area contributed by atoms with Gasteiger partial charge in [0, 0.05) is 12.8 Å². The van der Waals surface area contributed by atoms with Crippen LogP contribution in [0.4, 0.5) is 0 Å². The Morgan fingerprint density at radius 1 is 0.359 bits per heavy atom. The molecule has 0 spiro atoms. The van der Waals surface area contributed by atoms with E-state index in [0.29, 0.717) is 12.8 Å². The fraction of sp³-hybridized carbons (Fsp3) is 0.864. The third kappa shape index (κ3) is 52.7. The summed E-state index contributed by atoms with van der Waals surface area (Å²) in [4.78, 5) is 24.4. The maximum atomic E-state index is 12.3. The van der Waals surface area contributed by atoms with Crippen molar-refractivity contribution in [2.45, 2.75) is 315 Å². The number of allylic oxidation sites excluding steroid dienone is 6. The van der Waals surface area contributed by atoms with E-state index in [2.05, 4.69) is 50.3 Å². The third-order valence-electron chi connectivity index (χ3n) is 12.9. The standard InChI is InChI=1S/C59H110O5/c1-3-5-7-9-11-13-15-17-18-19-20-21-22-23-24-25-26-27-28-29-30-31-32-33-34-35-36-37-38-39-40-42-44-46-48-50-52-54-59(62)64-57(55-60)56-63-58(61)53-51-49-47-45-43-41-16-14-12-10-8-6-4-2/h14-17,19-20,57,60H,3-13,18,21-56H2,1-2H3/b16-14-,17-15-,20-19-. The predicted octanol–water partition coefficient (Wildman–Crippen LogP) is 19.1. The van der Waals surface area contributed by atoms with Gasteiger partial charge in [-0.1, -0.05) is 262 Å². The number of unbranched alkanes of at least 4 members (excludes halogenated alkanes) is 39. The van der Waals surface area contributed by atoms with Crippen LogP contribution in [-0.4, -0.2) is 36.4 Å². The number of aliphatic hydroxyl groups excluding tert-OH is 1. The van der Waals surface area contributed by atoms with Gasteiger partial charge in [-0.25, -0.2) is 0 Å². The van der Waals surface area contributed by atoms with Gasteiger partial charge < -0.3 is 14.6 Å². The first-order valence-electron chi connectivity index (χ1n) is 28.5. The minimum Gasteiger partial charge on any atom is -0.462 e. The Bertz CT molecular complexity index is 1020. The molecule has 5 heteroatoms. The molecular weight excluding hydrogens is 789 g/mol. The van der Waals surface area contributed by atoms with E-state index < -0.39 is 6.10 Å². The van der Waals surface area contributed by atoms with Crippen LogP contribution in [0.25, 0.3) is 0 Å². The van der Waals surface area contributed by atoms with Gasteiger partial charge in [-0.05, 0) is 70.6 Å². The molecule has 1 N–H and O–H groups in total. The lowest BCUT2D eigenvalue weighted by atomic mass is 10.0. The van der Waals surface area contributed by atoms with E-state index in [1.54, 1.807) is 0 Å². The Hall–Kier alpha value is -1.88. The fourth-order valence-corrected chi connectivity index (χ4v) is 8.58. The largest absolute Gasteiger partial charge is 0.462 e. The van der Waals surface area contributed by atoms with E-state index >= 15 is 0 Å². The minimum atomic E-state index is -0.771. The van der Waals surface area contributed by atoms with Crippen molar-refractivity contribution in [1.29, 1.82) is 0 Å². The summed E-state index contributed by atoms with van der Waals surface area (Å²) in [5.74, 6) is -0.587. The fourth-order valence-electron chi connectivity index (χ4n) is 8.58. The average Bonchev–Trinajstić information content (AvgIpc) is 3.30. The molecule has 0 aliphatic carbocycles. The van der Waals surface area contributed by atoms with Crippen LogP contribution in [0.2, 0.25) is 0 Å². The Labute approximate surface area is 399 Å². The summed E-state index contributed by atoms with van der Waals surface area (Å²) in [5.41, 5.74) is 0. The number of rotatable bonds is 53. The van der Waals surface area contributed by atoms with E-state index in [0.717, 1.165) is 51.4 Å². The lowest BCUT2D eigenvalue weighted by Crippen LogP contribution is -2.28. The van der Waals surface area contributed by atoms with Gasteiger partial charge in [-0.3, -0.25) is 9.59 Å². The summed E-state index contributed by atoms with van der Waals surface area (Å²) in [6.45, 7) is 4.14. The van der Waals surface area contributed by atoms with E-state index in [4.69, 9.17) is 9.47 Å². The second-order valence-electron chi connectivity index (χ2n) is 19.4. The van der Waals surface area contributed by atoms with Crippen molar-refractivity contribution in [1.82, 2.24) is 0 Å². The van der Waals surface area contributed by atoms with Gasteiger partial charge in [0.15, 0.2) is 6.10 Å². The molecule has 5 nitrogen and oxygen atoms in total. The molecule has 0 saturated carbocycles. The molecule has 1 unspecified atom stereocenters.